The second-order valence-electron chi connectivity index (χ2n) is 3.83. The Balaban J connectivity index is 1.97. The van der Waals surface area contributed by atoms with Crippen molar-refractivity contribution in [3.8, 4) is 0 Å². The normalized spacial score (nSPS) is 22.9. The van der Waals surface area contributed by atoms with Crippen molar-refractivity contribution in [1.82, 2.24) is 10.3 Å². The summed E-state index contributed by atoms with van der Waals surface area (Å²) in [5.41, 5.74) is 1.04. The van der Waals surface area contributed by atoms with Crippen molar-refractivity contribution < 1.29 is 4.74 Å². The predicted octanol–water partition coefficient (Wildman–Crippen LogP) is 2.17. The van der Waals surface area contributed by atoms with E-state index in [0.29, 0.717) is 11.1 Å². The molecule has 2 heterocycles. The highest BCUT2D eigenvalue weighted by molar-refractivity contribution is 6.30. The lowest BCUT2D eigenvalue weighted by Gasteiger charge is -2.17. The van der Waals surface area contributed by atoms with Crippen molar-refractivity contribution in [2.24, 2.45) is 0 Å². The third kappa shape index (κ3) is 2.91. The van der Waals surface area contributed by atoms with Crippen LogP contribution in [0.2, 0.25) is 5.02 Å². The van der Waals surface area contributed by atoms with Crippen LogP contribution in [0.1, 0.15) is 25.0 Å². The van der Waals surface area contributed by atoms with Gasteiger partial charge in [-0.3, -0.25) is 4.98 Å². The highest BCUT2D eigenvalue weighted by atomic mass is 35.5. The Labute approximate surface area is 94.8 Å². The second-order valence-corrected chi connectivity index (χ2v) is 4.27. The molecule has 1 fully saturated rings. The SMILES string of the molecule is C[C@H](O[C@@H]1CCNC1)c1cncc(Cl)c1. The van der Waals surface area contributed by atoms with E-state index in [1.807, 2.05) is 13.0 Å². The van der Waals surface area contributed by atoms with Gasteiger partial charge in [0.15, 0.2) is 0 Å². The van der Waals surface area contributed by atoms with Gasteiger partial charge < -0.3 is 10.1 Å². The van der Waals surface area contributed by atoms with Gasteiger partial charge in [0.25, 0.3) is 0 Å². The molecule has 0 spiro atoms. The summed E-state index contributed by atoms with van der Waals surface area (Å²) in [5.74, 6) is 0. The van der Waals surface area contributed by atoms with Crippen LogP contribution in [0, 0.1) is 0 Å². The van der Waals surface area contributed by atoms with Gasteiger partial charge in [0, 0.05) is 24.5 Å². The minimum Gasteiger partial charge on any atom is -0.369 e. The Kier molecular flexibility index (Phi) is 3.57. The van der Waals surface area contributed by atoms with Gasteiger partial charge in [-0.2, -0.15) is 0 Å². The molecule has 3 nitrogen and oxygen atoms in total. The highest BCUT2D eigenvalue weighted by Crippen LogP contribution is 2.22. The summed E-state index contributed by atoms with van der Waals surface area (Å²) in [6, 6.07) is 1.90. The van der Waals surface area contributed by atoms with Crippen molar-refractivity contribution in [2.75, 3.05) is 13.1 Å². The van der Waals surface area contributed by atoms with Crippen LogP contribution in [0.25, 0.3) is 0 Å². The summed E-state index contributed by atoms with van der Waals surface area (Å²) in [5, 5.41) is 3.93. The minimum atomic E-state index is 0.0566. The lowest BCUT2D eigenvalue weighted by molar-refractivity contribution is 0.00812. The molecular formula is C11H15ClN2O. The fourth-order valence-electron chi connectivity index (χ4n) is 1.76. The van der Waals surface area contributed by atoms with E-state index in [2.05, 4.69) is 10.3 Å². The zero-order valence-corrected chi connectivity index (χ0v) is 9.50. The first-order valence-electron chi connectivity index (χ1n) is 5.22. The lowest BCUT2D eigenvalue weighted by Crippen LogP contribution is -2.18. The summed E-state index contributed by atoms with van der Waals surface area (Å²) in [7, 11) is 0. The number of halogens is 1. The van der Waals surface area contributed by atoms with Crippen molar-refractivity contribution in [2.45, 2.75) is 25.6 Å². The first-order chi connectivity index (χ1) is 7.25. The molecule has 82 valence electrons. The molecule has 0 saturated carbocycles. The Bertz CT molecular complexity index is 326. The number of hydrogen-bond acceptors (Lipinski definition) is 3. The van der Waals surface area contributed by atoms with Gasteiger partial charge in [0.1, 0.15) is 0 Å². The van der Waals surface area contributed by atoms with Crippen molar-refractivity contribution >= 4 is 11.6 Å². The van der Waals surface area contributed by atoms with Crippen molar-refractivity contribution in [3.63, 3.8) is 0 Å². The summed E-state index contributed by atoms with van der Waals surface area (Å²) in [6.45, 7) is 4.02. The van der Waals surface area contributed by atoms with Gasteiger partial charge >= 0.3 is 0 Å². The van der Waals surface area contributed by atoms with Crippen LogP contribution in [0.4, 0.5) is 0 Å². The van der Waals surface area contributed by atoms with Gasteiger partial charge in [-0.15, -0.1) is 0 Å². The molecule has 1 aromatic heterocycles. The molecule has 0 bridgehead atoms. The van der Waals surface area contributed by atoms with E-state index in [9.17, 15) is 0 Å². The van der Waals surface area contributed by atoms with Crippen molar-refractivity contribution in [1.29, 1.82) is 0 Å². The summed E-state index contributed by atoms with van der Waals surface area (Å²) < 4.78 is 5.89. The predicted molar refractivity (Wildman–Crippen MR) is 60.0 cm³/mol. The smallest absolute Gasteiger partial charge is 0.0816 e. The molecule has 0 aromatic carbocycles. The van der Waals surface area contributed by atoms with Crippen LogP contribution >= 0.6 is 11.6 Å². The number of hydrogen-bond donors (Lipinski definition) is 1. The van der Waals surface area contributed by atoms with Gasteiger partial charge in [0.2, 0.25) is 0 Å². The van der Waals surface area contributed by atoms with E-state index in [1.165, 1.54) is 0 Å². The molecule has 15 heavy (non-hydrogen) atoms. The molecule has 1 aromatic rings. The standard InChI is InChI=1S/C11H15ClN2O/c1-8(15-11-2-3-13-7-11)9-4-10(12)6-14-5-9/h4-6,8,11,13H,2-3,7H2,1H3/t8-,11+/m0/s1. The molecule has 0 aliphatic carbocycles. The molecule has 2 atom stereocenters. The molecule has 1 aliphatic heterocycles. The van der Waals surface area contributed by atoms with E-state index in [-0.39, 0.29) is 6.10 Å². The van der Waals surface area contributed by atoms with Crippen molar-refractivity contribution in [3.05, 3.63) is 29.0 Å². The monoisotopic (exact) mass is 226 g/mol. The van der Waals surface area contributed by atoms with Gasteiger partial charge in [-0.25, -0.2) is 0 Å². The fraction of sp³-hybridized carbons (Fsp3) is 0.545. The Morgan fingerprint density at radius 2 is 2.47 bits per heavy atom. The van der Waals surface area contributed by atoms with Crippen LogP contribution in [-0.2, 0) is 4.74 Å². The van der Waals surface area contributed by atoms with Gasteiger partial charge in [-0.05, 0) is 26.0 Å². The Hall–Kier alpha value is -0.640. The maximum atomic E-state index is 5.89. The summed E-state index contributed by atoms with van der Waals surface area (Å²) in [4.78, 5) is 4.05. The van der Waals surface area contributed by atoms with Crippen LogP contribution in [0.15, 0.2) is 18.5 Å². The molecule has 0 radical (unpaired) electrons. The molecule has 4 heteroatoms. The summed E-state index contributed by atoms with van der Waals surface area (Å²) in [6.07, 6.45) is 4.90. The quantitative estimate of drug-likeness (QED) is 0.858. The highest BCUT2D eigenvalue weighted by Gasteiger charge is 2.18. The number of ether oxygens (including phenoxy) is 1. The van der Waals surface area contributed by atoms with E-state index in [4.69, 9.17) is 16.3 Å². The number of pyridine rings is 1. The number of nitrogens with zero attached hydrogens (tertiary/aromatic N) is 1. The van der Waals surface area contributed by atoms with E-state index < -0.39 is 0 Å². The maximum Gasteiger partial charge on any atom is 0.0816 e. The number of rotatable bonds is 3. The van der Waals surface area contributed by atoms with Gasteiger partial charge in [-0.1, -0.05) is 11.6 Å². The average Bonchev–Trinajstić information content (AvgIpc) is 2.70. The fourth-order valence-corrected chi connectivity index (χ4v) is 1.94. The minimum absolute atomic E-state index is 0.0566. The molecule has 1 N–H and O–H groups in total. The molecule has 1 saturated heterocycles. The molecule has 0 amide bonds. The van der Waals surface area contributed by atoms with E-state index in [0.717, 1.165) is 25.1 Å². The van der Waals surface area contributed by atoms with E-state index >= 15 is 0 Å². The zero-order valence-electron chi connectivity index (χ0n) is 8.74. The third-order valence-corrected chi connectivity index (χ3v) is 2.81. The van der Waals surface area contributed by atoms with Crippen LogP contribution in [0.5, 0.6) is 0 Å². The molecular weight excluding hydrogens is 212 g/mol. The number of nitrogens with one attached hydrogen (secondary N) is 1. The summed E-state index contributed by atoms with van der Waals surface area (Å²) >= 11 is 5.88. The third-order valence-electron chi connectivity index (χ3n) is 2.61. The van der Waals surface area contributed by atoms with Crippen LogP contribution < -0.4 is 5.32 Å². The van der Waals surface area contributed by atoms with Crippen LogP contribution in [-0.4, -0.2) is 24.2 Å². The zero-order chi connectivity index (χ0) is 10.7. The Morgan fingerprint density at radius 3 is 3.13 bits per heavy atom. The van der Waals surface area contributed by atoms with Gasteiger partial charge in [0.05, 0.1) is 17.2 Å². The topological polar surface area (TPSA) is 34.1 Å². The van der Waals surface area contributed by atoms with Crippen LogP contribution in [0.3, 0.4) is 0 Å². The second kappa shape index (κ2) is 4.92. The number of aromatic nitrogens is 1. The molecule has 1 aliphatic rings. The average molecular weight is 227 g/mol. The first-order valence-corrected chi connectivity index (χ1v) is 5.60. The Morgan fingerprint density at radius 1 is 1.60 bits per heavy atom. The largest absolute Gasteiger partial charge is 0.369 e. The molecule has 0 unspecified atom stereocenters. The van der Waals surface area contributed by atoms with E-state index in [1.54, 1.807) is 12.4 Å². The lowest BCUT2D eigenvalue weighted by atomic mass is 10.2. The first kappa shape index (κ1) is 10.9. The maximum absolute atomic E-state index is 5.89. The molecule has 2 rings (SSSR count).